The lowest BCUT2D eigenvalue weighted by atomic mass is 9.84. The molecular formula is C21H26N4S2. The quantitative estimate of drug-likeness (QED) is 0.483. The molecule has 1 saturated carbocycles. The Labute approximate surface area is 169 Å². The van der Waals surface area contributed by atoms with Gasteiger partial charge in [0.05, 0.1) is 0 Å². The third kappa shape index (κ3) is 4.06. The monoisotopic (exact) mass is 398 g/mol. The molecule has 142 valence electrons. The number of rotatable bonds is 6. The van der Waals surface area contributed by atoms with Gasteiger partial charge >= 0.3 is 0 Å². The molecule has 0 radical (unpaired) electrons. The minimum Gasteiger partial charge on any atom is -0.297 e. The summed E-state index contributed by atoms with van der Waals surface area (Å²) in [5.41, 5.74) is 2.39. The molecule has 3 aromatic rings. The van der Waals surface area contributed by atoms with Crippen molar-refractivity contribution >= 4 is 23.6 Å². The second kappa shape index (κ2) is 8.48. The van der Waals surface area contributed by atoms with Crippen molar-refractivity contribution in [3.8, 4) is 11.4 Å². The van der Waals surface area contributed by atoms with E-state index < -0.39 is 0 Å². The highest BCUT2D eigenvalue weighted by Gasteiger charge is 2.26. The fourth-order valence-corrected chi connectivity index (χ4v) is 5.15. The van der Waals surface area contributed by atoms with Crippen molar-refractivity contribution in [1.29, 1.82) is 0 Å². The van der Waals surface area contributed by atoms with Gasteiger partial charge in [-0.1, -0.05) is 25.3 Å². The lowest BCUT2D eigenvalue weighted by molar-refractivity contribution is 0.262. The van der Waals surface area contributed by atoms with E-state index in [4.69, 9.17) is 17.3 Å². The predicted octanol–water partition coefficient (Wildman–Crippen LogP) is 5.92. The van der Waals surface area contributed by atoms with Crippen molar-refractivity contribution in [1.82, 2.24) is 19.3 Å². The number of nitrogens with zero attached hydrogens (tertiary/aromatic N) is 4. The van der Waals surface area contributed by atoms with Crippen LogP contribution in [0.2, 0.25) is 0 Å². The lowest BCUT2D eigenvalue weighted by Gasteiger charge is -2.29. The molecule has 4 nitrogen and oxygen atoms in total. The summed E-state index contributed by atoms with van der Waals surface area (Å²) in [6.07, 6.45) is 11.3. The van der Waals surface area contributed by atoms with Gasteiger partial charge in [0.2, 0.25) is 0 Å². The summed E-state index contributed by atoms with van der Waals surface area (Å²) >= 11 is 7.61. The number of thiophene rings is 1. The van der Waals surface area contributed by atoms with Crippen molar-refractivity contribution in [2.24, 2.45) is 5.92 Å². The van der Waals surface area contributed by atoms with E-state index in [1.54, 1.807) is 11.3 Å². The summed E-state index contributed by atoms with van der Waals surface area (Å²) < 4.78 is 5.17. The Bertz CT molecular complexity index is 906. The maximum atomic E-state index is 5.90. The number of aryl methyl sites for hydroxylation is 2. The Morgan fingerprint density at radius 1 is 1.26 bits per heavy atom. The first-order chi connectivity index (χ1) is 13.2. The lowest BCUT2D eigenvalue weighted by Crippen LogP contribution is -2.20. The molecule has 0 saturated heterocycles. The molecule has 27 heavy (non-hydrogen) atoms. The summed E-state index contributed by atoms with van der Waals surface area (Å²) in [5, 5.41) is 9.23. The van der Waals surface area contributed by atoms with Crippen LogP contribution in [0, 0.1) is 10.7 Å². The molecule has 1 atom stereocenters. The van der Waals surface area contributed by atoms with Gasteiger partial charge in [0.25, 0.3) is 0 Å². The zero-order valence-corrected chi connectivity index (χ0v) is 17.4. The molecule has 1 aliphatic carbocycles. The number of hydrogen-bond donors (Lipinski definition) is 0. The Morgan fingerprint density at radius 3 is 2.81 bits per heavy atom. The van der Waals surface area contributed by atoms with Crippen LogP contribution in [0.4, 0.5) is 0 Å². The van der Waals surface area contributed by atoms with Gasteiger partial charge in [-0.3, -0.25) is 9.55 Å². The smallest absolute Gasteiger partial charge is 0.198 e. The Hall–Kier alpha value is -1.79. The van der Waals surface area contributed by atoms with E-state index in [9.17, 15) is 0 Å². The molecule has 1 aliphatic rings. The molecule has 0 aromatic carbocycles. The number of aromatic nitrogens is 4. The molecule has 3 aromatic heterocycles. The van der Waals surface area contributed by atoms with Gasteiger partial charge in [0.15, 0.2) is 10.6 Å². The second-order valence-corrected chi connectivity index (χ2v) is 8.61. The van der Waals surface area contributed by atoms with Crippen LogP contribution >= 0.6 is 23.6 Å². The fourth-order valence-electron chi connectivity index (χ4n) is 4.13. The Kier molecular flexibility index (Phi) is 5.83. The van der Waals surface area contributed by atoms with E-state index in [-0.39, 0.29) is 0 Å². The van der Waals surface area contributed by atoms with Gasteiger partial charge in [-0.05, 0) is 67.4 Å². The van der Waals surface area contributed by atoms with Gasteiger partial charge in [0, 0.05) is 35.9 Å². The van der Waals surface area contributed by atoms with Crippen LogP contribution in [-0.2, 0) is 13.0 Å². The van der Waals surface area contributed by atoms with Crippen molar-refractivity contribution in [2.75, 3.05) is 0 Å². The van der Waals surface area contributed by atoms with Crippen LogP contribution < -0.4 is 0 Å². The van der Waals surface area contributed by atoms with Gasteiger partial charge in [-0.25, -0.2) is 4.68 Å². The van der Waals surface area contributed by atoms with E-state index in [0.29, 0.717) is 12.0 Å². The summed E-state index contributed by atoms with van der Waals surface area (Å²) in [4.78, 5) is 4.21. The maximum absolute atomic E-state index is 5.90. The standard InChI is InChI=1S/C21H26N4S2/c1-16(18-7-3-2-4-8-18)25-20(19-10-13-27-15-19)23-24(21(25)26)12-9-17-6-5-11-22-14-17/h5-6,10-11,13-16,18H,2-4,7-9,12H2,1H3/t16-/m1/s1. The third-order valence-electron chi connectivity index (χ3n) is 5.72. The van der Waals surface area contributed by atoms with Crippen molar-refractivity contribution < 1.29 is 0 Å². The molecule has 4 rings (SSSR count). The van der Waals surface area contributed by atoms with E-state index >= 15 is 0 Å². The van der Waals surface area contributed by atoms with Crippen LogP contribution in [0.3, 0.4) is 0 Å². The second-order valence-electron chi connectivity index (χ2n) is 7.46. The summed E-state index contributed by atoms with van der Waals surface area (Å²) in [6, 6.07) is 6.63. The largest absolute Gasteiger partial charge is 0.297 e. The highest BCUT2D eigenvalue weighted by atomic mass is 32.1. The zero-order chi connectivity index (χ0) is 18.6. The van der Waals surface area contributed by atoms with E-state index in [1.807, 2.05) is 23.1 Å². The van der Waals surface area contributed by atoms with Crippen LogP contribution in [0.25, 0.3) is 11.4 Å². The van der Waals surface area contributed by atoms with Crippen LogP contribution in [0.15, 0.2) is 41.4 Å². The van der Waals surface area contributed by atoms with Crippen LogP contribution in [0.1, 0.15) is 50.6 Å². The molecule has 0 aliphatic heterocycles. The minimum absolute atomic E-state index is 0.389. The number of hydrogen-bond acceptors (Lipinski definition) is 4. The average molecular weight is 399 g/mol. The van der Waals surface area contributed by atoms with Crippen LogP contribution in [0.5, 0.6) is 0 Å². The first kappa shape index (κ1) is 18.6. The third-order valence-corrected chi connectivity index (χ3v) is 6.81. The first-order valence-electron chi connectivity index (χ1n) is 9.85. The molecule has 1 fully saturated rings. The molecule has 0 amide bonds. The maximum Gasteiger partial charge on any atom is 0.198 e. The molecule has 0 bridgehead atoms. The van der Waals surface area contributed by atoms with Gasteiger partial charge < -0.3 is 0 Å². The summed E-state index contributed by atoms with van der Waals surface area (Å²) in [7, 11) is 0. The fraction of sp³-hybridized carbons (Fsp3) is 0.476. The molecule has 0 N–H and O–H groups in total. The molecule has 0 unspecified atom stereocenters. The van der Waals surface area contributed by atoms with Crippen LogP contribution in [-0.4, -0.2) is 19.3 Å². The molecular weight excluding hydrogens is 372 g/mol. The Balaban J connectivity index is 1.66. The van der Waals surface area contributed by atoms with Gasteiger partial charge in [0.1, 0.15) is 0 Å². The van der Waals surface area contributed by atoms with E-state index in [2.05, 4.69) is 39.4 Å². The molecule has 0 spiro atoms. The van der Waals surface area contributed by atoms with Crippen molar-refractivity contribution in [3.05, 3.63) is 51.7 Å². The summed E-state index contributed by atoms with van der Waals surface area (Å²) in [5.74, 6) is 1.71. The first-order valence-corrected chi connectivity index (χ1v) is 11.2. The van der Waals surface area contributed by atoms with Gasteiger partial charge in [-0.15, -0.1) is 0 Å². The number of pyridine rings is 1. The normalized spacial score (nSPS) is 16.5. The highest BCUT2D eigenvalue weighted by molar-refractivity contribution is 7.71. The molecule has 6 heteroatoms. The predicted molar refractivity (Wildman–Crippen MR) is 114 cm³/mol. The van der Waals surface area contributed by atoms with E-state index in [0.717, 1.165) is 23.6 Å². The SMILES string of the molecule is C[C@H](C1CCCCC1)n1c(-c2ccsc2)nn(CCc2cccnc2)c1=S. The van der Waals surface area contributed by atoms with Crippen molar-refractivity contribution in [2.45, 2.75) is 58.0 Å². The zero-order valence-electron chi connectivity index (χ0n) is 15.8. The topological polar surface area (TPSA) is 35.6 Å². The average Bonchev–Trinajstić information content (AvgIpc) is 3.35. The molecule has 3 heterocycles. The highest BCUT2D eigenvalue weighted by Crippen LogP contribution is 2.35. The summed E-state index contributed by atoms with van der Waals surface area (Å²) in [6.45, 7) is 3.11. The van der Waals surface area contributed by atoms with Gasteiger partial charge in [-0.2, -0.15) is 16.4 Å². The minimum atomic E-state index is 0.389. The Morgan fingerprint density at radius 2 is 2.11 bits per heavy atom. The van der Waals surface area contributed by atoms with Crippen molar-refractivity contribution in [3.63, 3.8) is 0 Å². The van der Waals surface area contributed by atoms with E-state index in [1.165, 1.54) is 43.2 Å².